The number of nitrogens with one attached hydrogen (secondary N) is 1. The third kappa shape index (κ3) is 2.06. The van der Waals surface area contributed by atoms with Gasteiger partial charge in [0.05, 0.1) is 6.10 Å². The van der Waals surface area contributed by atoms with Gasteiger partial charge in [0, 0.05) is 28.1 Å². The third-order valence-corrected chi connectivity index (χ3v) is 6.44. The number of hydrogen-bond acceptors (Lipinski definition) is 3. The van der Waals surface area contributed by atoms with Crippen molar-refractivity contribution in [3.8, 4) is 0 Å². The fourth-order valence-electron chi connectivity index (χ4n) is 4.01. The molecule has 22 heavy (non-hydrogen) atoms. The van der Waals surface area contributed by atoms with Crippen molar-refractivity contribution in [2.24, 2.45) is 17.1 Å². The lowest BCUT2D eigenvalue weighted by molar-refractivity contribution is -0.222. The van der Waals surface area contributed by atoms with E-state index in [0.717, 1.165) is 35.2 Å². The van der Waals surface area contributed by atoms with Gasteiger partial charge < -0.3 is 15.8 Å². The number of benzene rings is 1. The number of rotatable bonds is 2. The lowest BCUT2D eigenvalue weighted by Gasteiger charge is -2.65. The summed E-state index contributed by atoms with van der Waals surface area (Å²) >= 11 is 3.49. The summed E-state index contributed by atoms with van der Waals surface area (Å²) in [7, 11) is 0. The van der Waals surface area contributed by atoms with E-state index in [0.29, 0.717) is 0 Å². The summed E-state index contributed by atoms with van der Waals surface area (Å²) in [4.78, 5) is 12.9. The van der Waals surface area contributed by atoms with Crippen molar-refractivity contribution in [2.45, 2.75) is 45.3 Å². The van der Waals surface area contributed by atoms with Gasteiger partial charge in [0.2, 0.25) is 5.91 Å². The molecular formula is C17H23BrN2O2. The summed E-state index contributed by atoms with van der Waals surface area (Å²) in [6.45, 7) is 6.81. The topological polar surface area (TPSA) is 64.4 Å². The molecule has 1 aliphatic carbocycles. The highest BCUT2D eigenvalue weighted by molar-refractivity contribution is 9.10. The normalized spacial score (nSPS) is 32.8. The summed E-state index contributed by atoms with van der Waals surface area (Å²) in [6, 6.07) is 5.78. The van der Waals surface area contributed by atoms with Crippen LogP contribution in [0.2, 0.25) is 0 Å². The molecule has 0 bridgehead atoms. The molecule has 0 spiro atoms. The molecule has 1 aromatic rings. The van der Waals surface area contributed by atoms with Gasteiger partial charge in [-0.2, -0.15) is 0 Å². The number of ether oxygens (including phenoxy) is 1. The maximum atomic E-state index is 12.9. The molecule has 0 radical (unpaired) electrons. The standard InChI is InChI=1S/C17H23BrN2O2/c1-10-12(18)7-4-8-13(10)20-15(21)17(19)11-6-5-9-22-14(11)16(17,2)3/h4,7-8,11,14H,5-6,9,19H2,1-3H3,(H,20,21). The molecule has 0 aromatic heterocycles. The first-order chi connectivity index (χ1) is 10.3. The maximum absolute atomic E-state index is 12.9. The largest absolute Gasteiger partial charge is 0.377 e. The van der Waals surface area contributed by atoms with E-state index in [9.17, 15) is 4.79 Å². The molecule has 1 aliphatic heterocycles. The van der Waals surface area contributed by atoms with E-state index in [1.165, 1.54) is 0 Å². The van der Waals surface area contributed by atoms with Gasteiger partial charge in [-0.1, -0.05) is 35.8 Å². The minimum Gasteiger partial charge on any atom is -0.377 e. The van der Waals surface area contributed by atoms with Crippen molar-refractivity contribution >= 4 is 27.5 Å². The first-order valence-electron chi connectivity index (χ1n) is 7.77. The van der Waals surface area contributed by atoms with E-state index < -0.39 is 5.54 Å². The molecule has 3 rings (SSSR count). The van der Waals surface area contributed by atoms with Gasteiger partial charge in [-0.25, -0.2) is 0 Å². The lowest BCUT2D eigenvalue weighted by Crippen LogP contribution is -2.81. The van der Waals surface area contributed by atoms with E-state index in [1.807, 2.05) is 39.0 Å². The Balaban J connectivity index is 1.86. The lowest BCUT2D eigenvalue weighted by atomic mass is 9.46. The molecular weight excluding hydrogens is 344 g/mol. The average molecular weight is 367 g/mol. The average Bonchev–Trinajstić information content (AvgIpc) is 2.50. The fraction of sp³-hybridized carbons (Fsp3) is 0.588. The van der Waals surface area contributed by atoms with Crippen LogP contribution in [0.1, 0.15) is 32.3 Å². The van der Waals surface area contributed by atoms with E-state index in [4.69, 9.17) is 10.5 Å². The van der Waals surface area contributed by atoms with Crippen LogP contribution in [0, 0.1) is 18.3 Å². The Morgan fingerprint density at radius 1 is 1.45 bits per heavy atom. The van der Waals surface area contributed by atoms with Crippen molar-refractivity contribution in [2.75, 3.05) is 11.9 Å². The minimum atomic E-state index is -0.882. The Bertz CT molecular complexity index is 617. The van der Waals surface area contributed by atoms with Crippen molar-refractivity contribution in [1.29, 1.82) is 0 Å². The molecule has 3 N–H and O–H groups in total. The Labute approximate surface area is 139 Å². The van der Waals surface area contributed by atoms with Crippen LogP contribution in [0.4, 0.5) is 5.69 Å². The summed E-state index contributed by atoms with van der Waals surface area (Å²) < 4.78 is 6.84. The third-order valence-electron chi connectivity index (χ3n) is 5.58. The summed E-state index contributed by atoms with van der Waals surface area (Å²) in [6.07, 6.45) is 2.01. The van der Waals surface area contributed by atoms with Crippen molar-refractivity contribution in [3.63, 3.8) is 0 Å². The van der Waals surface area contributed by atoms with Crippen LogP contribution in [-0.2, 0) is 9.53 Å². The Kier molecular flexibility index (Phi) is 3.86. The van der Waals surface area contributed by atoms with Crippen LogP contribution in [0.5, 0.6) is 0 Å². The quantitative estimate of drug-likeness (QED) is 0.844. The van der Waals surface area contributed by atoms with Gasteiger partial charge in [0.15, 0.2) is 0 Å². The van der Waals surface area contributed by atoms with Crippen molar-refractivity contribution < 1.29 is 9.53 Å². The van der Waals surface area contributed by atoms with Gasteiger partial charge in [0.1, 0.15) is 5.54 Å². The molecule has 1 aromatic carbocycles. The minimum absolute atomic E-state index is 0.0839. The number of fused-ring (bicyclic) bond motifs is 1. The van der Waals surface area contributed by atoms with E-state index in [-0.39, 0.29) is 23.3 Å². The molecule has 5 heteroatoms. The highest BCUT2D eigenvalue weighted by atomic mass is 79.9. The molecule has 1 saturated heterocycles. The molecule has 2 aliphatic rings. The SMILES string of the molecule is Cc1c(Br)cccc1NC(=O)C1(N)C2CCCOC2C1(C)C. The van der Waals surface area contributed by atoms with Crippen LogP contribution in [0.25, 0.3) is 0 Å². The maximum Gasteiger partial charge on any atom is 0.245 e. The summed E-state index contributed by atoms with van der Waals surface area (Å²) in [5.41, 5.74) is 7.18. The number of carbonyl (C=O) groups excluding carboxylic acids is 1. The van der Waals surface area contributed by atoms with Crippen molar-refractivity contribution in [3.05, 3.63) is 28.2 Å². The first kappa shape index (κ1) is 16.0. The Morgan fingerprint density at radius 3 is 2.91 bits per heavy atom. The number of amides is 1. The van der Waals surface area contributed by atoms with Gasteiger partial charge >= 0.3 is 0 Å². The molecule has 1 heterocycles. The van der Waals surface area contributed by atoms with Crippen LogP contribution < -0.4 is 11.1 Å². The zero-order valence-electron chi connectivity index (χ0n) is 13.3. The molecule has 3 unspecified atom stereocenters. The highest BCUT2D eigenvalue weighted by Gasteiger charge is 2.70. The molecule has 2 fully saturated rings. The zero-order chi connectivity index (χ0) is 16.1. The number of carbonyl (C=O) groups is 1. The Hall–Kier alpha value is -0.910. The fourth-order valence-corrected chi connectivity index (χ4v) is 4.37. The second-order valence-corrected chi connectivity index (χ2v) is 7.85. The van der Waals surface area contributed by atoms with E-state index >= 15 is 0 Å². The highest BCUT2D eigenvalue weighted by Crippen LogP contribution is 2.57. The van der Waals surface area contributed by atoms with Gasteiger partial charge in [0.25, 0.3) is 0 Å². The predicted octanol–water partition coefficient (Wildman–Crippen LogP) is 3.23. The van der Waals surface area contributed by atoms with Crippen molar-refractivity contribution in [1.82, 2.24) is 0 Å². The smallest absolute Gasteiger partial charge is 0.245 e. The summed E-state index contributed by atoms with van der Waals surface area (Å²) in [5, 5.41) is 3.03. The number of hydrogen-bond donors (Lipinski definition) is 2. The monoisotopic (exact) mass is 366 g/mol. The molecule has 1 amide bonds. The second kappa shape index (κ2) is 5.32. The van der Waals surface area contributed by atoms with E-state index in [1.54, 1.807) is 0 Å². The van der Waals surface area contributed by atoms with Crippen LogP contribution in [0.3, 0.4) is 0 Å². The predicted molar refractivity (Wildman–Crippen MR) is 90.7 cm³/mol. The number of anilines is 1. The second-order valence-electron chi connectivity index (χ2n) is 7.00. The van der Waals surface area contributed by atoms with E-state index in [2.05, 4.69) is 21.2 Å². The number of halogens is 1. The van der Waals surface area contributed by atoms with Crippen LogP contribution in [-0.4, -0.2) is 24.2 Å². The van der Waals surface area contributed by atoms with Crippen LogP contribution in [0.15, 0.2) is 22.7 Å². The van der Waals surface area contributed by atoms with Crippen LogP contribution >= 0.6 is 15.9 Å². The Morgan fingerprint density at radius 2 is 2.18 bits per heavy atom. The van der Waals surface area contributed by atoms with Gasteiger partial charge in [-0.05, 0) is 37.5 Å². The molecule has 120 valence electrons. The van der Waals surface area contributed by atoms with Gasteiger partial charge in [-0.15, -0.1) is 0 Å². The number of nitrogens with two attached hydrogens (primary N) is 1. The van der Waals surface area contributed by atoms with Gasteiger partial charge in [-0.3, -0.25) is 4.79 Å². The summed E-state index contributed by atoms with van der Waals surface area (Å²) in [5.74, 6) is -0.00541. The molecule has 3 atom stereocenters. The zero-order valence-corrected chi connectivity index (χ0v) is 14.9. The first-order valence-corrected chi connectivity index (χ1v) is 8.56. The molecule has 1 saturated carbocycles. The molecule has 4 nitrogen and oxygen atoms in total.